The average molecular weight is 149 g/mol. The Labute approximate surface area is 64.2 Å². The van der Waals surface area contributed by atoms with Crippen LogP contribution in [-0.4, -0.2) is 5.78 Å². The fourth-order valence-electron chi connectivity index (χ4n) is 0.718. The zero-order valence-corrected chi connectivity index (χ0v) is 5.86. The van der Waals surface area contributed by atoms with Crippen LogP contribution in [0.15, 0.2) is 37.2 Å². The first-order valence-electron chi connectivity index (χ1n) is 3.09. The number of aromatic nitrogens is 1. The molecule has 1 heterocycles. The number of hydrogen-bond acceptors (Lipinski definition) is 2. The van der Waals surface area contributed by atoms with Gasteiger partial charge in [-0.05, 0) is 12.1 Å². The summed E-state index contributed by atoms with van der Waals surface area (Å²) in [5.74, 6) is -0.241. The monoisotopic (exact) mass is 149 g/mol. The van der Waals surface area contributed by atoms with Crippen LogP contribution in [0.3, 0.4) is 0 Å². The molecule has 0 unspecified atom stereocenters. The molecule has 0 saturated heterocycles. The minimum atomic E-state index is -0.241. The lowest BCUT2D eigenvalue weighted by molar-refractivity contribution is -0.605. The van der Waals surface area contributed by atoms with Gasteiger partial charge in [0.1, 0.15) is 0 Å². The quantitative estimate of drug-likeness (QED) is 0.269. The molecule has 0 aliphatic carbocycles. The van der Waals surface area contributed by atoms with Gasteiger partial charge in [0.15, 0.2) is 18.2 Å². The summed E-state index contributed by atoms with van der Waals surface area (Å²) >= 11 is 0. The fraction of sp³-hybridized carbons (Fsp3) is 0. The zero-order valence-electron chi connectivity index (χ0n) is 5.86. The van der Waals surface area contributed by atoms with E-state index < -0.39 is 0 Å². The van der Waals surface area contributed by atoms with Crippen molar-refractivity contribution in [2.75, 3.05) is 0 Å². The molecule has 0 atom stereocenters. The van der Waals surface area contributed by atoms with E-state index in [0.717, 1.165) is 0 Å². The second kappa shape index (κ2) is 2.96. The highest BCUT2D eigenvalue weighted by molar-refractivity contribution is 6.03. The first kappa shape index (κ1) is 7.47. The van der Waals surface area contributed by atoms with Gasteiger partial charge in [-0.25, -0.2) is 0 Å². The highest BCUT2D eigenvalue weighted by Gasteiger charge is 2.02. The van der Waals surface area contributed by atoms with Crippen molar-refractivity contribution < 1.29 is 9.52 Å². The van der Waals surface area contributed by atoms with Crippen LogP contribution in [0.25, 0.3) is 0 Å². The normalized spacial score (nSPS) is 9.09. The first-order valence-corrected chi connectivity index (χ1v) is 3.09. The van der Waals surface area contributed by atoms with Crippen LogP contribution in [-0.2, 0) is 0 Å². The van der Waals surface area contributed by atoms with Gasteiger partial charge < -0.3 is 5.21 Å². The van der Waals surface area contributed by atoms with Crippen LogP contribution in [0.1, 0.15) is 10.4 Å². The molecular weight excluding hydrogens is 142 g/mol. The van der Waals surface area contributed by atoms with E-state index in [-0.39, 0.29) is 5.78 Å². The van der Waals surface area contributed by atoms with E-state index in [0.29, 0.717) is 10.3 Å². The second-order valence-corrected chi connectivity index (χ2v) is 2.02. The molecule has 0 aliphatic heterocycles. The molecule has 0 radical (unpaired) electrons. The van der Waals surface area contributed by atoms with Crippen LogP contribution in [0.4, 0.5) is 0 Å². The molecule has 3 nitrogen and oxygen atoms in total. The van der Waals surface area contributed by atoms with Crippen molar-refractivity contribution in [3.63, 3.8) is 0 Å². The van der Waals surface area contributed by atoms with E-state index in [4.69, 9.17) is 0 Å². The first-order chi connectivity index (χ1) is 5.24. The Morgan fingerprint density at radius 2 is 2.45 bits per heavy atom. The Balaban J connectivity index is 3.05. The highest BCUT2D eigenvalue weighted by Crippen LogP contribution is 1.95. The third-order valence-electron chi connectivity index (χ3n) is 1.25. The molecule has 0 saturated carbocycles. The van der Waals surface area contributed by atoms with Crippen molar-refractivity contribution in [3.05, 3.63) is 48.0 Å². The molecule has 1 rings (SSSR count). The molecule has 0 amide bonds. The number of allylic oxidation sites excluding steroid dienone is 1. The third-order valence-corrected chi connectivity index (χ3v) is 1.25. The Hall–Kier alpha value is -1.64. The fourth-order valence-corrected chi connectivity index (χ4v) is 0.718. The van der Waals surface area contributed by atoms with Crippen molar-refractivity contribution in [2.24, 2.45) is 0 Å². The zero-order chi connectivity index (χ0) is 8.27. The smallest absolute Gasteiger partial charge is 0.191 e. The summed E-state index contributed by atoms with van der Waals surface area (Å²) in [5, 5.41) is 10.6. The molecule has 1 aromatic heterocycles. The van der Waals surface area contributed by atoms with Gasteiger partial charge >= 0.3 is 0 Å². The molecule has 56 valence electrons. The highest BCUT2D eigenvalue weighted by atomic mass is 16.5. The summed E-state index contributed by atoms with van der Waals surface area (Å²) in [6.45, 7) is 3.31. The Bertz CT molecular complexity index is 294. The summed E-state index contributed by atoms with van der Waals surface area (Å²) in [5.41, 5.74) is 0.359. The molecule has 0 aromatic carbocycles. The standard InChI is InChI=1S/C8H7NO2/c1-2-8(10)7-4-3-5-9(11)6-7/h2-6H,1H2. The molecule has 0 aliphatic rings. The van der Waals surface area contributed by atoms with E-state index in [1.165, 1.54) is 24.5 Å². The van der Waals surface area contributed by atoms with Gasteiger partial charge in [-0.15, -0.1) is 0 Å². The average Bonchev–Trinajstić information content (AvgIpc) is 2.03. The van der Waals surface area contributed by atoms with E-state index in [2.05, 4.69) is 6.58 Å². The summed E-state index contributed by atoms with van der Waals surface area (Å²) in [4.78, 5) is 10.9. The van der Waals surface area contributed by atoms with Crippen molar-refractivity contribution >= 4 is 5.78 Å². The maximum atomic E-state index is 10.9. The predicted octanol–water partition coefficient (Wildman–Crippen LogP) is 0.689. The summed E-state index contributed by atoms with van der Waals surface area (Å²) in [6.07, 6.45) is 3.71. The molecule has 0 spiro atoms. The van der Waals surface area contributed by atoms with Gasteiger partial charge in [0.2, 0.25) is 0 Å². The van der Waals surface area contributed by atoms with Crippen molar-refractivity contribution in [1.82, 2.24) is 0 Å². The molecular formula is C8H7NO2. The number of ketones is 1. The van der Waals surface area contributed by atoms with E-state index in [1.807, 2.05) is 0 Å². The van der Waals surface area contributed by atoms with Crippen molar-refractivity contribution in [1.29, 1.82) is 0 Å². The number of carbonyl (C=O) groups is 1. The van der Waals surface area contributed by atoms with E-state index >= 15 is 0 Å². The minimum Gasteiger partial charge on any atom is -0.619 e. The third kappa shape index (κ3) is 1.64. The molecule has 11 heavy (non-hydrogen) atoms. The maximum Gasteiger partial charge on any atom is 0.191 e. The number of rotatable bonds is 2. The largest absolute Gasteiger partial charge is 0.619 e. The van der Waals surface area contributed by atoms with Crippen molar-refractivity contribution in [2.45, 2.75) is 0 Å². The van der Waals surface area contributed by atoms with Gasteiger partial charge in [-0.2, -0.15) is 4.73 Å². The van der Waals surface area contributed by atoms with Crippen molar-refractivity contribution in [3.8, 4) is 0 Å². The van der Waals surface area contributed by atoms with Crippen LogP contribution >= 0.6 is 0 Å². The van der Waals surface area contributed by atoms with Crippen LogP contribution in [0.2, 0.25) is 0 Å². The molecule has 0 bridgehead atoms. The lowest BCUT2D eigenvalue weighted by Gasteiger charge is -1.95. The molecule has 3 heteroatoms. The van der Waals surface area contributed by atoms with Crippen LogP contribution in [0, 0.1) is 5.21 Å². The van der Waals surface area contributed by atoms with Gasteiger partial charge in [0.25, 0.3) is 0 Å². The maximum absolute atomic E-state index is 10.9. The van der Waals surface area contributed by atoms with Gasteiger partial charge in [-0.1, -0.05) is 6.58 Å². The minimum absolute atomic E-state index is 0.241. The van der Waals surface area contributed by atoms with Crippen LogP contribution < -0.4 is 4.73 Å². The second-order valence-electron chi connectivity index (χ2n) is 2.02. The summed E-state index contributed by atoms with van der Waals surface area (Å²) in [7, 11) is 0. The molecule has 0 N–H and O–H groups in total. The van der Waals surface area contributed by atoms with E-state index in [1.54, 1.807) is 6.07 Å². The summed E-state index contributed by atoms with van der Waals surface area (Å²) in [6, 6.07) is 3.09. The Morgan fingerprint density at radius 3 is 3.00 bits per heavy atom. The number of carbonyl (C=O) groups excluding carboxylic acids is 1. The lowest BCUT2D eigenvalue weighted by atomic mass is 10.2. The number of pyridine rings is 1. The number of nitrogens with zero attached hydrogens (tertiary/aromatic N) is 1. The SMILES string of the molecule is C=CC(=O)c1ccc[n+]([O-])c1. The molecule has 1 aromatic rings. The number of hydrogen-bond donors (Lipinski definition) is 0. The van der Waals surface area contributed by atoms with Gasteiger partial charge in [-0.3, -0.25) is 4.79 Å². The van der Waals surface area contributed by atoms with Gasteiger partial charge in [0.05, 0.1) is 5.56 Å². The lowest BCUT2D eigenvalue weighted by Crippen LogP contribution is -2.25. The Morgan fingerprint density at radius 1 is 1.73 bits per heavy atom. The van der Waals surface area contributed by atoms with E-state index in [9.17, 15) is 10.0 Å². The summed E-state index contributed by atoms with van der Waals surface area (Å²) < 4.78 is 0.580. The van der Waals surface area contributed by atoms with Crippen LogP contribution in [0.5, 0.6) is 0 Å². The predicted molar refractivity (Wildman–Crippen MR) is 39.9 cm³/mol. The van der Waals surface area contributed by atoms with Gasteiger partial charge in [0, 0.05) is 6.07 Å². The topological polar surface area (TPSA) is 44.0 Å². The Kier molecular flexibility index (Phi) is 2.01. The molecule has 0 fully saturated rings.